The van der Waals surface area contributed by atoms with E-state index in [0.29, 0.717) is 15.4 Å². The lowest BCUT2D eigenvalue weighted by molar-refractivity contribution is -0.116. The Balaban J connectivity index is 1.82. The van der Waals surface area contributed by atoms with Gasteiger partial charge in [-0.1, -0.05) is 12.1 Å². The van der Waals surface area contributed by atoms with Crippen LogP contribution in [-0.2, 0) is 21.4 Å². The molecular formula is C20H21N3O5S. The van der Waals surface area contributed by atoms with Gasteiger partial charge in [0.15, 0.2) is 0 Å². The lowest BCUT2D eigenvalue weighted by Crippen LogP contribution is -2.32. The lowest BCUT2D eigenvalue weighted by atomic mass is 10.1. The van der Waals surface area contributed by atoms with E-state index in [1.165, 1.54) is 37.6 Å². The fourth-order valence-corrected chi connectivity index (χ4v) is 4.01. The molecule has 0 aliphatic rings. The highest BCUT2D eigenvalue weighted by Gasteiger charge is 2.21. The molecule has 2 aromatic carbocycles. The van der Waals surface area contributed by atoms with Crippen molar-refractivity contribution in [3.05, 3.63) is 76.5 Å². The minimum Gasteiger partial charge on any atom is -0.497 e. The normalized spacial score (nSPS) is 11.3. The molecule has 9 heteroatoms. The fraction of sp³-hybridized carbons (Fsp3) is 0.200. The van der Waals surface area contributed by atoms with Crippen molar-refractivity contribution in [1.29, 1.82) is 0 Å². The van der Waals surface area contributed by atoms with Gasteiger partial charge in [0.2, 0.25) is 5.91 Å². The van der Waals surface area contributed by atoms with E-state index in [9.17, 15) is 18.0 Å². The second-order valence-corrected chi connectivity index (χ2v) is 8.37. The molecule has 0 atom stereocenters. The van der Waals surface area contributed by atoms with Gasteiger partial charge in [-0.05, 0) is 55.3 Å². The van der Waals surface area contributed by atoms with Gasteiger partial charge in [0.1, 0.15) is 12.3 Å². The van der Waals surface area contributed by atoms with Crippen molar-refractivity contribution in [1.82, 2.24) is 8.54 Å². The number of ether oxygens (including phenoxy) is 1. The van der Waals surface area contributed by atoms with Crippen molar-refractivity contribution in [3.63, 3.8) is 0 Å². The number of aryl methyl sites for hydroxylation is 2. The number of imidazole rings is 1. The van der Waals surface area contributed by atoms with Gasteiger partial charge < -0.3 is 10.1 Å². The molecule has 0 spiro atoms. The van der Waals surface area contributed by atoms with Crippen LogP contribution >= 0.6 is 0 Å². The fourth-order valence-electron chi connectivity index (χ4n) is 2.77. The second-order valence-electron chi connectivity index (χ2n) is 6.55. The summed E-state index contributed by atoms with van der Waals surface area (Å²) in [6.07, 6.45) is 2.40. The number of rotatable bonds is 6. The summed E-state index contributed by atoms with van der Waals surface area (Å²) in [4.78, 5) is 24.9. The molecule has 1 amide bonds. The maximum Gasteiger partial charge on any atom is 0.342 e. The van der Waals surface area contributed by atoms with Gasteiger partial charge in [-0.2, -0.15) is 3.97 Å². The van der Waals surface area contributed by atoms with E-state index in [2.05, 4.69) is 5.32 Å². The van der Waals surface area contributed by atoms with Crippen LogP contribution in [-0.4, -0.2) is 30.0 Å². The molecule has 0 saturated heterocycles. The molecule has 0 bridgehead atoms. The van der Waals surface area contributed by atoms with Gasteiger partial charge in [0.25, 0.3) is 10.0 Å². The van der Waals surface area contributed by atoms with Crippen molar-refractivity contribution >= 4 is 21.6 Å². The standard InChI is InChI=1S/C20H21N3O5S/c1-14-4-5-15(2)18(12-14)21-19(24)13-22-10-11-23(20(22)25)29(26,27)17-8-6-16(28-3)7-9-17/h4-12H,13H2,1-3H3,(H,21,24). The van der Waals surface area contributed by atoms with E-state index in [1.807, 2.05) is 32.0 Å². The first kappa shape index (κ1) is 20.4. The number of anilines is 1. The smallest absolute Gasteiger partial charge is 0.342 e. The third-order valence-corrected chi connectivity index (χ3v) is 6.08. The van der Waals surface area contributed by atoms with Gasteiger partial charge in [-0.15, -0.1) is 0 Å². The summed E-state index contributed by atoms with van der Waals surface area (Å²) in [5.74, 6) is 0.0670. The lowest BCUT2D eigenvalue weighted by Gasteiger charge is -2.09. The molecule has 0 fully saturated rings. The van der Waals surface area contributed by atoms with E-state index in [4.69, 9.17) is 4.74 Å². The second kappa shape index (κ2) is 7.96. The summed E-state index contributed by atoms with van der Waals surface area (Å²) in [6, 6.07) is 11.3. The quantitative estimate of drug-likeness (QED) is 0.665. The third-order valence-electron chi connectivity index (χ3n) is 4.41. The van der Waals surface area contributed by atoms with Gasteiger partial charge in [-0.3, -0.25) is 9.36 Å². The van der Waals surface area contributed by atoms with Crippen LogP contribution in [0.25, 0.3) is 0 Å². The first-order valence-electron chi connectivity index (χ1n) is 8.77. The van der Waals surface area contributed by atoms with Crippen LogP contribution in [0.4, 0.5) is 5.69 Å². The SMILES string of the molecule is COc1ccc(S(=O)(=O)n2ccn(CC(=O)Nc3cc(C)ccc3C)c2=O)cc1. The van der Waals surface area contributed by atoms with Gasteiger partial charge in [0, 0.05) is 18.1 Å². The van der Waals surface area contributed by atoms with E-state index in [1.54, 1.807) is 0 Å². The van der Waals surface area contributed by atoms with Crippen molar-refractivity contribution in [2.75, 3.05) is 12.4 Å². The van der Waals surface area contributed by atoms with Crippen LogP contribution in [0.2, 0.25) is 0 Å². The minimum absolute atomic E-state index is 0.0574. The van der Waals surface area contributed by atoms with Gasteiger partial charge in [0.05, 0.1) is 12.0 Å². The Hall–Kier alpha value is -3.33. The molecule has 3 rings (SSSR count). The summed E-state index contributed by atoms with van der Waals surface area (Å²) in [5.41, 5.74) is 1.70. The molecule has 8 nitrogen and oxygen atoms in total. The summed E-state index contributed by atoms with van der Waals surface area (Å²) in [7, 11) is -2.62. The molecule has 0 radical (unpaired) electrons. The molecular weight excluding hydrogens is 394 g/mol. The molecule has 0 unspecified atom stereocenters. The van der Waals surface area contributed by atoms with E-state index < -0.39 is 21.6 Å². The van der Waals surface area contributed by atoms with Gasteiger partial charge in [-0.25, -0.2) is 13.2 Å². The maximum absolute atomic E-state index is 12.7. The highest BCUT2D eigenvalue weighted by molar-refractivity contribution is 7.90. The molecule has 1 N–H and O–H groups in total. The molecule has 0 saturated carbocycles. The van der Waals surface area contributed by atoms with Crippen molar-refractivity contribution < 1.29 is 17.9 Å². The third kappa shape index (κ3) is 4.24. The van der Waals surface area contributed by atoms with Crippen LogP contribution in [0.5, 0.6) is 5.75 Å². The molecule has 1 heterocycles. The number of methoxy groups -OCH3 is 1. The summed E-state index contributed by atoms with van der Waals surface area (Å²) in [5, 5.41) is 2.75. The minimum atomic E-state index is -4.08. The largest absolute Gasteiger partial charge is 0.497 e. The number of nitrogens with zero attached hydrogens (tertiary/aromatic N) is 2. The highest BCUT2D eigenvalue weighted by Crippen LogP contribution is 2.18. The number of nitrogens with one attached hydrogen (secondary N) is 1. The van der Waals surface area contributed by atoms with Crippen LogP contribution in [0, 0.1) is 13.8 Å². The summed E-state index contributed by atoms with van der Waals surface area (Å²) >= 11 is 0. The number of amides is 1. The topological polar surface area (TPSA) is 99.4 Å². The Morgan fingerprint density at radius 3 is 2.41 bits per heavy atom. The Labute approximate surface area is 168 Å². The summed E-state index contributed by atoms with van der Waals surface area (Å²) in [6.45, 7) is 3.46. The van der Waals surface area contributed by atoms with Gasteiger partial charge >= 0.3 is 5.69 Å². The average Bonchev–Trinajstić information content (AvgIpc) is 3.05. The van der Waals surface area contributed by atoms with Crippen LogP contribution in [0.15, 0.2) is 64.5 Å². The number of benzene rings is 2. The van der Waals surface area contributed by atoms with E-state index in [-0.39, 0.29) is 11.4 Å². The Morgan fingerprint density at radius 2 is 1.76 bits per heavy atom. The first-order valence-corrected chi connectivity index (χ1v) is 10.2. The van der Waals surface area contributed by atoms with Crippen LogP contribution < -0.4 is 15.7 Å². The zero-order chi connectivity index (χ0) is 21.2. The summed E-state index contributed by atoms with van der Waals surface area (Å²) < 4.78 is 32.1. The predicted octanol–water partition coefficient (Wildman–Crippen LogP) is 2.15. The molecule has 152 valence electrons. The predicted molar refractivity (Wildman–Crippen MR) is 109 cm³/mol. The molecule has 3 aromatic rings. The zero-order valence-corrected chi connectivity index (χ0v) is 17.1. The molecule has 1 aromatic heterocycles. The van der Waals surface area contributed by atoms with Crippen molar-refractivity contribution in [3.8, 4) is 5.75 Å². The van der Waals surface area contributed by atoms with E-state index in [0.717, 1.165) is 21.9 Å². The van der Waals surface area contributed by atoms with Crippen LogP contribution in [0.1, 0.15) is 11.1 Å². The maximum atomic E-state index is 12.7. The molecule has 29 heavy (non-hydrogen) atoms. The average molecular weight is 415 g/mol. The molecule has 0 aliphatic heterocycles. The van der Waals surface area contributed by atoms with Crippen LogP contribution in [0.3, 0.4) is 0 Å². The van der Waals surface area contributed by atoms with Crippen molar-refractivity contribution in [2.45, 2.75) is 25.3 Å². The number of carbonyl (C=O) groups excluding carboxylic acids is 1. The Morgan fingerprint density at radius 1 is 1.07 bits per heavy atom. The number of carbonyl (C=O) groups is 1. The molecule has 0 aliphatic carbocycles. The zero-order valence-electron chi connectivity index (χ0n) is 16.2. The number of aromatic nitrogens is 2. The Kier molecular flexibility index (Phi) is 5.60. The number of hydrogen-bond acceptors (Lipinski definition) is 5. The highest BCUT2D eigenvalue weighted by atomic mass is 32.2. The van der Waals surface area contributed by atoms with Crippen molar-refractivity contribution in [2.24, 2.45) is 0 Å². The first-order chi connectivity index (χ1) is 13.7. The van der Waals surface area contributed by atoms with E-state index >= 15 is 0 Å². The monoisotopic (exact) mass is 415 g/mol. The Bertz CT molecular complexity index is 1210. The number of hydrogen-bond donors (Lipinski definition) is 1.